The van der Waals surface area contributed by atoms with Crippen LogP contribution in [-0.4, -0.2) is 37.0 Å². The van der Waals surface area contributed by atoms with E-state index in [0.717, 1.165) is 0 Å². The maximum Gasteiger partial charge on any atom is 0.0598 e. The third-order valence-electron chi connectivity index (χ3n) is 9.72. The van der Waals surface area contributed by atoms with Crippen LogP contribution in [0.15, 0.2) is 143 Å². The Kier molecular flexibility index (Phi) is 7.72. The lowest BCUT2D eigenvalue weighted by molar-refractivity contribution is 0.996. The van der Waals surface area contributed by atoms with Gasteiger partial charge in [-0.05, 0) is 82.6 Å². The third kappa shape index (κ3) is 5.05. The molecule has 2 aromatic carbocycles. The summed E-state index contributed by atoms with van der Waals surface area (Å²) in [4.78, 5) is 4.34. The smallest absolute Gasteiger partial charge is 0.0598 e. The van der Waals surface area contributed by atoms with Crippen LogP contribution in [0.2, 0.25) is 17.6 Å². The van der Waals surface area contributed by atoms with E-state index in [-0.39, 0.29) is 0 Å². The highest BCUT2D eigenvalue weighted by Gasteiger charge is 2.40. The highest BCUT2D eigenvalue weighted by atomic mass is 28.3. The molecule has 2 nitrogen and oxygen atoms in total. The van der Waals surface area contributed by atoms with E-state index in [1.807, 2.05) is 0 Å². The first kappa shape index (κ1) is 28.3. The predicted octanol–water partition coefficient (Wildman–Crippen LogP) is 9.05. The molecule has 3 heteroatoms. The average Bonchev–Trinajstić information content (AvgIpc) is 3.28. The topological polar surface area (TPSA) is 6.48 Å². The molecule has 42 heavy (non-hydrogen) atoms. The van der Waals surface area contributed by atoms with Crippen molar-refractivity contribution in [2.24, 2.45) is 0 Å². The second-order valence-electron chi connectivity index (χ2n) is 12.8. The summed E-state index contributed by atoms with van der Waals surface area (Å²) in [5.74, 6) is 0.581. The van der Waals surface area contributed by atoms with E-state index in [1.54, 1.807) is 22.3 Å². The van der Waals surface area contributed by atoms with E-state index >= 15 is 0 Å². The van der Waals surface area contributed by atoms with Gasteiger partial charge >= 0.3 is 0 Å². The van der Waals surface area contributed by atoms with Crippen molar-refractivity contribution < 1.29 is 0 Å². The van der Waals surface area contributed by atoms with Crippen molar-refractivity contribution in [2.45, 2.75) is 43.3 Å². The van der Waals surface area contributed by atoms with Gasteiger partial charge in [-0.3, -0.25) is 0 Å². The van der Waals surface area contributed by atoms with Crippen LogP contribution in [0.5, 0.6) is 0 Å². The molecule has 0 N–H and O–H groups in total. The van der Waals surface area contributed by atoms with Crippen LogP contribution in [0, 0.1) is 0 Å². The number of anilines is 2. The molecule has 0 saturated heterocycles. The molecule has 4 unspecified atom stereocenters. The van der Waals surface area contributed by atoms with Crippen LogP contribution < -0.4 is 9.80 Å². The minimum atomic E-state index is -1.36. The molecule has 0 heterocycles. The molecular formula is C39H44N2Si. The largest absolute Gasteiger partial charge is 0.378 e. The summed E-state index contributed by atoms with van der Waals surface area (Å²) >= 11 is 0. The lowest BCUT2D eigenvalue weighted by Gasteiger charge is -2.30. The maximum absolute atomic E-state index is 2.62. The van der Waals surface area contributed by atoms with Crippen LogP contribution >= 0.6 is 0 Å². The molecule has 0 aromatic heterocycles. The first-order chi connectivity index (χ1) is 20.2. The van der Waals surface area contributed by atoms with E-state index in [9.17, 15) is 0 Å². The van der Waals surface area contributed by atoms with Crippen LogP contribution in [0.4, 0.5) is 11.4 Å². The van der Waals surface area contributed by atoms with Gasteiger partial charge in [-0.25, -0.2) is 0 Å². The number of hydrogen-bond acceptors (Lipinski definition) is 2. The molecule has 0 spiro atoms. The van der Waals surface area contributed by atoms with Gasteiger partial charge in [0.1, 0.15) is 0 Å². The van der Waals surface area contributed by atoms with Crippen LogP contribution in [-0.2, 0) is 0 Å². The quantitative estimate of drug-likeness (QED) is 0.321. The summed E-state index contributed by atoms with van der Waals surface area (Å²) < 4.78 is 0. The number of benzene rings is 2. The van der Waals surface area contributed by atoms with Gasteiger partial charge in [0.15, 0.2) is 0 Å². The Morgan fingerprint density at radius 2 is 0.905 bits per heavy atom. The first-order valence-electron chi connectivity index (χ1n) is 15.3. The predicted molar refractivity (Wildman–Crippen MR) is 186 cm³/mol. The average molecular weight is 569 g/mol. The van der Waals surface area contributed by atoms with Gasteiger partial charge in [0.05, 0.1) is 8.80 Å². The fraction of sp³-hybridized carbons (Fsp3) is 0.282. The summed E-state index contributed by atoms with van der Waals surface area (Å²) in [6.45, 7) is 7.39. The minimum Gasteiger partial charge on any atom is -0.378 e. The van der Waals surface area contributed by atoms with Crippen molar-refractivity contribution in [3.05, 3.63) is 154 Å². The Morgan fingerprint density at radius 3 is 1.26 bits per heavy atom. The van der Waals surface area contributed by atoms with Gasteiger partial charge in [0.2, 0.25) is 0 Å². The van der Waals surface area contributed by atoms with E-state index in [2.05, 4.69) is 168 Å². The molecule has 6 rings (SSSR count). The molecular weight excluding hydrogens is 525 g/mol. The van der Waals surface area contributed by atoms with Crippen LogP contribution in [0.1, 0.15) is 36.8 Å². The van der Waals surface area contributed by atoms with Crippen molar-refractivity contribution in [3.8, 4) is 0 Å². The van der Waals surface area contributed by atoms with Gasteiger partial charge in [0.25, 0.3) is 0 Å². The maximum atomic E-state index is 2.62. The molecule has 0 aliphatic heterocycles. The zero-order valence-electron chi connectivity index (χ0n) is 26.2. The van der Waals surface area contributed by atoms with Gasteiger partial charge in [-0.2, -0.15) is 0 Å². The zero-order chi connectivity index (χ0) is 29.5. The van der Waals surface area contributed by atoms with Crippen molar-refractivity contribution >= 4 is 20.2 Å². The lowest BCUT2D eigenvalue weighted by Crippen LogP contribution is -2.25. The molecule has 4 aliphatic carbocycles. The molecule has 4 aliphatic rings. The fourth-order valence-electron chi connectivity index (χ4n) is 7.63. The Balaban J connectivity index is 1.34. The molecule has 4 atom stereocenters. The Hall–Kier alpha value is -3.82. The Labute approximate surface area is 254 Å². The molecule has 0 bridgehead atoms. The summed E-state index contributed by atoms with van der Waals surface area (Å²) in [6, 6.07) is 18.2. The summed E-state index contributed by atoms with van der Waals surface area (Å²) in [7, 11) is 7.06. The zero-order valence-corrected chi connectivity index (χ0v) is 27.3. The number of rotatable bonds is 6. The van der Waals surface area contributed by atoms with E-state index in [0.29, 0.717) is 22.9 Å². The molecule has 0 saturated carbocycles. The summed E-state index contributed by atoms with van der Waals surface area (Å²) in [6.07, 6.45) is 23.7. The highest BCUT2D eigenvalue weighted by Crippen LogP contribution is 2.53. The summed E-state index contributed by atoms with van der Waals surface area (Å²) in [5, 5.41) is 0. The van der Waals surface area contributed by atoms with Crippen LogP contribution in [0.25, 0.3) is 0 Å². The number of nitrogens with zero attached hydrogens (tertiary/aromatic N) is 2. The molecule has 214 valence electrons. The van der Waals surface area contributed by atoms with Crippen molar-refractivity contribution in [3.63, 3.8) is 0 Å². The Bertz CT molecular complexity index is 1480. The monoisotopic (exact) mass is 568 g/mol. The minimum absolute atomic E-state index is 0.291. The molecule has 0 radical (unpaired) electrons. The van der Waals surface area contributed by atoms with Gasteiger partial charge < -0.3 is 9.80 Å². The highest BCUT2D eigenvalue weighted by molar-refractivity contribution is 6.64. The number of allylic oxidation sites excluding steroid dienone is 16. The van der Waals surface area contributed by atoms with Crippen molar-refractivity contribution in [1.82, 2.24) is 0 Å². The third-order valence-corrected chi connectivity index (χ3v) is 13.6. The second kappa shape index (κ2) is 11.5. The molecule has 0 amide bonds. The van der Waals surface area contributed by atoms with Gasteiger partial charge in [-0.1, -0.05) is 103 Å². The number of hydrogen-bond donors (Lipinski definition) is 0. The van der Waals surface area contributed by atoms with Gasteiger partial charge in [0, 0.05) is 51.4 Å². The van der Waals surface area contributed by atoms with E-state index in [4.69, 9.17) is 0 Å². The van der Waals surface area contributed by atoms with Crippen LogP contribution in [0.3, 0.4) is 0 Å². The van der Waals surface area contributed by atoms with E-state index < -0.39 is 8.80 Å². The van der Waals surface area contributed by atoms with Crippen molar-refractivity contribution in [1.29, 1.82) is 0 Å². The molecule has 2 aromatic rings. The fourth-order valence-corrected chi connectivity index (χ4v) is 11.6. The normalized spacial score (nSPS) is 25.1. The van der Waals surface area contributed by atoms with Gasteiger partial charge in [-0.15, -0.1) is 0 Å². The Morgan fingerprint density at radius 1 is 0.524 bits per heavy atom. The second-order valence-corrected chi connectivity index (χ2v) is 15.9. The standard InChI is InChI=1S/C39H44N2Si/c1-26-24-36-32(28-16-20-30(21-17-28)40(3)4)12-8-10-14-34(36)38(26)42(7)39-27(2)25-37-33(13-9-11-15-35(37)39)29-18-22-31(23-19-29)41(5)6/h8-25,32-33,38-39,42H,1-7H3. The first-order valence-corrected chi connectivity index (χ1v) is 17.8. The lowest BCUT2D eigenvalue weighted by atomic mass is 9.89. The molecule has 0 fully saturated rings. The SMILES string of the molecule is CC1=CC2=C(C=CC=CC2c2ccc(N(C)C)cc2)C1[SiH](C)C1C(C)=CC2=C1C=CC=CC2c1ccc(N(C)C)cc1. The summed E-state index contributed by atoms with van der Waals surface area (Å²) in [5.41, 5.74) is 15.4. The van der Waals surface area contributed by atoms with Crippen molar-refractivity contribution in [2.75, 3.05) is 38.0 Å². The van der Waals surface area contributed by atoms with E-state index in [1.165, 1.54) is 33.6 Å².